The van der Waals surface area contributed by atoms with Crippen LogP contribution in [0.2, 0.25) is 10.0 Å². The lowest BCUT2D eigenvalue weighted by Gasteiger charge is -2.08. The standard InChI is InChI=1S/C16H10Cl2O4/c17-10-6-5-9(14(18)8-10)7-13(16(21)22)11-3-1-2-4-12(11)15(19)20/h1-8H,(H,19,20)(H,21,22)/b13-7-. The van der Waals surface area contributed by atoms with Crippen molar-refractivity contribution in [2.45, 2.75) is 0 Å². The van der Waals surface area contributed by atoms with Crippen LogP contribution in [0.1, 0.15) is 21.5 Å². The van der Waals surface area contributed by atoms with Crippen LogP contribution in [-0.2, 0) is 4.79 Å². The summed E-state index contributed by atoms with van der Waals surface area (Å²) in [6.07, 6.45) is 1.32. The highest BCUT2D eigenvalue weighted by Crippen LogP contribution is 2.27. The maximum absolute atomic E-state index is 11.5. The summed E-state index contributed by atoms with van der Waals surface area (Å²) in [4.78, 5) is 22.8. The normalized spacial score (nSPS) is 11.3. The lowest BCUT2D eigenvalue weighted by Crippen LogP contribution is -2.07. The van der Waals surface area contributed by atoms with Crippen molar-refractivity contribution in [2.75, 3.05) is 0 Å². The first-order chi connectivity index (χ1) is 10.4. The zero-order valence-corrected chi connectivity index (χ0v) is 12.6. The molecule has 0 aromatic heterocycles. The van der Waals surface area contributed by atoms with E-state index in [2.05, 4.69) is 0 Å². The molecule has 2 aromatic carbocycles. The number of carboxylic acid groups (broad SMARTS) is 2. The van der Waals surface area contributed by atoms with E-state index < -0.39 is 11.9 Å². The SMILES string of the molecule is O=C(O)/C(=C\c1ccc(Cl)cc1Cl)c1ccccc1C(=O)O. The third kappa shape index (κ3) is 3.47. The Kier molecular flexibility index (Phi) is 4.85. The summed E-state index contributed by atoms with van der Waals surface area (Å²) in [5.74, 6) is -2.45. The second kappa shape index (κ2) is 6.64. The fourth-order valence-corrected chi connectivity index (χ4v) is 2.40. The second-order valence-corrected chi connectivity index (χ2v) is 5.22. The number of hydrogen-bond donors (Lipinski definition) is 2. The van der Waals surface area contributed by atoms with Gasteiger partial charge in [0, 0.05) is 15.6 Å². The van der Waals surface area contributed by atoms with Gasteiger partial charge in [0.15, 0.2) is 0 Å². The van der Waals surface area contributed by atoms with Crippen LogP contribution in [-0.4, -0.2) is 22.2 Å². The minimum Gasteiger partial charge on any atom is -0.478 e. The van der Waals surface area contributed by atoms with Gasteiger partial charge < -0.3 is 10.2 Å². The van der Waals surface area contributed by atoms with Crippen molar-refractivity contribution in [3.63, 3.8) is 0 Å². The first-order valence-corrected chi connectivity index (χ1v) is 6.88. The molecule has 0 radical (unpaired) electrons. The van der Waals surface area contributed by atoms with Crippen molar-refractivity contribution in [1.29, 1.82) is 0 Å². The van der Waals surface area contributed by atoms with Crippen LogP contribution in [0, 0.1) is 0 Å². The molecule has 2 rings (SSSR count). The molecule has 0 bridgehead atoms. The maximum atomic E-state index is 11.5. The van der Waals surface area contributed by atoms with Gasteiger partial charge >= 0.3 is 11.9 Å². The van der Waals surface area contributed by atoms with E-state index in [4.69, 9.17) is 23.2 Å². The predicted octanol–water partition coefficient (Wildman–Crippen LogP) is 4.32. The number of aliphatic carboxylic acids is 1. The lowest BCUT2D eigenvalue weighted by molar-refractivity contribution is -0.130. The number of aromatic carboxylic acids is 1. The number of hydrogen-bond acceptors (Lipinski definition) is 2. The summed E-state index contributed by atoms with van der Waals surface area (Å²) in [7, 11) is 0. The van der Waals surface area contributed by atoms with Gasteiger partial charge in [0.2, 0.25) is 0 Å². The van der Waals surface area contributed by atoms with E-state index in [-0.39, 0.29) is 21.7 Å². The Morgan fingerprint density at radius 1 is 0.955 bits per heavy atom. The molecule has 0 saturated carbocycles. The highest BCUT2D eigenvalue weighted by Gasteiger charge is 2.18. The van der Waals surface area contributed by atoms with Crippen molar-refractivity contribution in [2.24, 2.45) is 0 Å². The van der Waals surface area contributed by atoms with Crippen LogP contribution in [0.15, 0.2) is 42.5 Å². The number of halogens is 2. The van der Waals surface area contributed by atoms with Crippen molar-refractivity contribution < 1.29 is 19.8 Å². The highest BCUT2D eigenvalue weighted by molar-refractivity contribution is 6.36. The summed E-state index contributed by atoms with van der Waals surface area (Å²) >= 11 is 11.8. The lowest BCUT2D eigenvalue weighted by atomic mass is 9.97. The Labute approximate surface area is 136 Å². The van der Waals surface area contributed by atoms with Gasteiger partial charge in [-0.1, -0.05) is 47.5 Å². The summed E-state index contributed by atoms with van der Waals surface area (Å²) in [5, 5.41) is 19.3. The molecule has 0 atom stereocenters. The number of carbonyl (C=O) groups is 2. The van der Waals surface area contributed by atoms with Gasteiger partial charge in [0.05, 0.1) is 11.1 Å². The Balaban J connectivity index is 2.63. The molecule has 0 unspecified atom stereocenters. The topological polar surface area (TPSA) is 74.6 Å². The molecule has 4 nitrogen and oxygen atoms in total. The molecule has 22 heavy (non-hydrogen) atoms. The predicted molar refractivity (Wildman–Crippen MR) is 85.4 cm³/mol. The maximum Gasteiger partial charge on any atom is 0.336 e. The van der Waals surface area contributed by atoms with Gasteiger partial charge in [-0.3, -0.25) is 0 Å². The van der Waals surface area contributed by atoms with E-state index in [0.717, 1.165) is 0 Å². The molecule has 2 aromatic rings. The fraction of sp³-hybridized carbons (Fsp3) is 0. The quantitative estimate of drug-likeness (QED) is 0.644. The largest absolute Gasteiger partial charge is 0.478 e. The monoisotopic (exact) mass is 336 g/mol. The van der Waals surface area contributed by atoms with Crippen molar-refractivity contribution in [3.05, 3.63) is 69.2 Å². The van der Waals surface area contributed by atoms with E-state index in [0.29, 0.717) is 10.6 Å². The molecular formula is C16H10Cl2O4. The molecule has 0 saturated heterocycles. The van der Waals surface area contributed by atoms with Gasteiger partial charge in [-0.05, 0) is 29.8 Å². The molecule has 6 heteroatoms. The van der Waals surface area contributed by atoms with Crippen molar-refractivity contribution >= 4 is 46.8 Å². The number of benzene rings is 2. The van der Waals surface area contributed by atoms with E-state index in [1.165, 1.54) is 30.3 Å². The van der Waals surface area contributed by atoms with Crippen LogP contribution in [0.3, 0.4) is 0 Å². The summed E-state index contributed by atoms with van der Waals surface area (Å²) < 4.78 is 0. The van der Waals surface area contributed by atoms with E-state index in [9.17, 15) is 19.8 Å². The molecule has 112 valence electrons. The van der Waals surface area contributed by atoms with Crippen LogP contribution >= 0.6 is 23.2 Å². The first kappa shape index (κ1) is 16.1. The minimum absolute atomic E-state index is 0.0961. The molecule has 0 heterocycles. The van der Waals surface area contributed by atoms with E-state index in [1.807, 2.05) is 0 Å². The third-order valence-electron chi connectivity index (χ3n) is 2.94. The Morgan fingerprint density at radius 3 is 2.14 bits per heavy atom. The third-order valence-corrected chi connectivity index (χ3v) is 3.50. The molecule has 0 aliphatic carbocycles. The summed E-state index contributed by atoms with van der Waals surface area (Å²) in [6.45, 7) is 0. The Morgan fingerprint density at radius 2 is 1.59 bits per heavy atom. The average molecular weight is 337 g/mol. The minimum atomic E-state index is -1.25. The molecule has 0 aliphatic rings. The van der Waals surface area contributed by atoms with Crippen molar-refractivity contribution in [1.82, 2.24) is 0 Å². The zero-order valence-electron chi connectivity index (χ0n) is 11.1. The molecule has 2 N–H and O–H groups in total. The van der Waals surface area contributed by atoms with E-state index in [1.54, 1.807) is 18.2 Å². The van der Waals surface area contributed by atoms with E-state index >= 15 is 0 Å². The number of rotatable bonds is 4. The summed E-state index contributed by atoms with van der Waals surface area (Å²) in [6, 6.07) is 10.5. The van der Waals surface area contributed by atoms with Crippen LogP contribution in [0.5, 0.6) is 0 Å². The first-order valence-electron chi connectivity index (χ1n) is 6.13. The zero-order chi connectivity index (χ0) is 16.3. The Bertz CT molecular complexity index is 781. The van der Waals surface area contributed by atoms with Gasteiger partial charge in [-0.25, -0.2) is 9.59 Å². The van der Waals surface area contributed by atoms with Crippen molar-refractivity contribution in [3.8, 4) is 0 Å². The fourth-order valence-electron chi connectivity index (χ4n) is 1.93. The molecule has 0 fully saturated rings. The van der Waals surface area contributed by atoms with Gasteiger partial charge in [-0.15, -0.1) is 0 Å². The molecule has 0 spiro atoms. The Hall–Kier alpha value is -2.30. The van der Waals surface area contributed by atoms with Crippen LogP contribution in [0.4, 0.5) is 0 Å². The van der Waals surface area contributed by atoms with Gasteiger partial charge in [0.1, 0.15) is 0 Å². The van der Waals surface area contributed by atoms with Gasteiger partial charge in [0.25, 0.3) is 0 Å². The molecule has 0 amide bonds. The van der Waals surface area contributed by atoms with Crippen LogP contribution in [0.25, 0.3) is 11.6 Å². The highest BCUT2D eigenvalue weighted by atomic mass is 35.5. The van der Waals surface area contributed by atoms with Gasteiger partial charge in [-0.2, -0.15) is 0 Å². The van der Waals surface area contributed by atoms with Crippen LogP contribution < -0.4 is 0 Å². The average Bonchev–Trinajstić information content (AvgIpc) is 2.46. The molecular weight excluding hydrogens is 327 g/mol. The molecule has 0 aliphatic heterocycles. The smallest absolute Gasteiger partial charge is 0.336 e. The summed E-state index contributed by atoms with van der Waals surface area (Å²) in [5.41, 5.74) is 0.278. The number of carboxylic acids is 2. The second-order valence-electron chi connectivity index (χ2n) is 4.38.